The van der Waals surface area contributed by atoms with E-state index in [1.54, 1.807) is 0 Å². The third-order valence-corrected chi connectivity index (χ3v) is 1.88. The molecule has 0 unspecified atom stereocenters. The van der Waals surface area contributed by atoms with Crippen LogP contribution < -0.4 is 10.6 Å². The Kier molecular flexibility index (Phi) is 2.84. The lowest BCUT2D eigenvalue weighted by Crippen LogP contribution is -2.65. The van der Waals surface area contributed by atoms with Crippen molar-refractivity contribution in [1.82, 2.24) is 10.6 Å². The Morgan fingerprint density at radius 1 is 1.38 bits per heavy atom. The average Bonchev–Trinajstić information content (AvgIpc) is 2.07. The van der Waals surface area contributed by atoms with Gasteiger partial charge < -0.3 is 20.8 Å². The largest absolute Gasteiger partial charge is 0.394 e. The van der Waals surface area contributed by atoms with E-state index in [4.69, 9.17) is 10.2 Å². The topological polar surface area (TPSA) is 98.7 Å². The van der Waals surface area contributed by atoms with Gasteiger partial charge >= 0.3 is 0 Å². The molecule has 1 rings (SSSR count). The molecule has 13 heavy (non-hydrogen) atoms. The van der Waals surface area contributed by atoms with Crippen LogP contribution in [0.4, 0.5) is 0 Å². The van der Waals surface area contributed by atoms with Gasteiger partial charge in [0.2, 0.25) is 11.8 Å². The fourth-order valence-corrected chi connectivity index (χ4v) is 1.11. The third kappa shape index (κ3) is 1.96. The molecule has 0 saturated carbocycles. The number of piperazine rings is 1. The third-order valence-electron chi connectivity index (χ3n) is 1.88. The van der Waals surface area contributed by atoms with E-state index in [9.17, 15) is 9.59 Å². The number of nitrogens with one attached hydrogen (secondary N) is 2. The van der Waals surface area contributed by atoms with Crippen molar-refractivity contribution in [2.24, 2.45) is 0 Å². The minimum atomic E-state index is -0.941. The van der Waals surface area contributed by atoms with Crippen molar-refractivity contribution in [3.05, 3.63) is 0 Å². The van der Waals surface area contributed by atoms with E-state index in [2.05, 4.69) is 10.6 Å². The number of hydrogen-bond acceptors (Lipinski definition) is 4. The molecule has 1 saturated heterocycles. The predicted molar refractivity (Wildman–Crippen MR) is 42.6 cm³/mol. The second-order valence-electron chi connectivity index (χ2n) is 2.97. The molecule has 1 aliphatic heterocycles. The molecule has 0 radical (unpaired) electrons. The maximum atomic E-state index is 11.2. The van der Waals surface area contributed by atoms with E-state index in [0.29, 0.717) is 0 Å². The Hall–Kier alpha value is -1.14. The smallest absolute Gasteiger partial charge is 0.245 e. The fraction of sp³-hybridized carbons (Fsp3) is 0.714. The number of carbonyl (C=O) groups excluding carboxylic acids is 2. The number of amides is 2. The van der Waals surface area contributed by atoms with Crippen molar-refractivity contribution in [2.75, 3.05) is 6.61 Å². The molecule has 6 nitrogen and oxygen atoms in total. The summed E-state index contributed by atoms with van der Waals surface area (Å²) < 4.78 is 0. The summed E-state index contributed by atoms with van der Waals surface area (Å²) in [5.74, 6) is -0.957. The summed E-state index contributed by atoms with van der Waals surface area (Å²) >= 11 is 0. The fourth-order valence-electron chi connectivity index (χ4n) is 1.11. The zero-order valence-electron chi connectivity index (χ0n) is 7.15. The summed E-state index contributed by atoms with van der Waals surface area (Å²) in [7, 11) is 0. The highest BCUT2D eigenvalue weighted by Gasteiger charge is 2.35. The highest BCUT2D eigenvalue weighted by molar-refractivity contribution is 5.97. The maximum Gasteiger partial charge on any atom is 0.245 e. The van der Waals surface area contributed by atoms with E-state index in [-0.39, 0.29) is 0 Å². The van der Waals surface area contributed by atoms with Crippen LogP contribution in [0.1, 0.15) is 6.92 Å². The van der Waals surface area contributed by atoms with E-state index < -0.39 is 36.6 Å². The number of rotatable bonds is 2. The SMILES string of the molecule is C[C@@H](O)[C@@H]1NC(=O)[C@H](CO)NC1=O. The van der Waals surface area contributed by atoms with Gasteiger partial charge in [-0.15, -0.1) is 0 Å². The molecule has 1 fully saturated rings. The summed E-state index contributed by atoms with van der Waals surface area (Å²) in [5.41, 5.74) is 0. The van der Waals surface area contributed by atoms with Gasteiger partial charge in [-0.2, -0.15) is 0 Å². The Balaban J connectivity index is 2.67. The summed E-state index contributed by atoms with van der Waals surface area (Å²) in [4.78, 5) is 22.2. The molecule has 0 spiro atoms. The first-order valence-electron chi connectivity index (χ1n) is 3.96. The maximum absolute atomic E-state index is 11.2. The number of hydrogen-bond donors (Lipinski definition) is 4. The molecule has 0 bridgehead atoms. The van der Waals surface area contributed by atoms with Crippen molar-refractivity contribution in [3.63, 3.8) is 0 Å². The standard InChI is InChI=1S/C7H12N2O4/c1-3(11)5-7(13)8-4(2-10)6(12)9-5/h3-5,10-11H,2H2,1H3,(H,8,13)(H,9,12)/t3-,4+,5+/m1/s1. The second kappa shape index (κ2) is 3.71. The Morgan fingerprint density at radius 2 is 2.00 bits per heavy atom. The van der Waals surface area contributed by atoms with Gasteiger partial charge in [0.05, 0.1) is 12.7 Å². The molecule has 0 aromatic carbocycles. The molecule has 6 heteroatoms. The highest BCUT2D eigenvalue weighted by atomic mass is 16.3. The zero-order chi connectivity index (χ0) is 10.0. The molecule has 0 aliphatic carbocycles. The first-order valence-corrected chi connectivity index (χ1v) is 3.96. The highest BCUT2D eigenvalue weighted by Crippen LogP contribution is 2.00. The van der Waals surface area contributed by atoms with Crippen LogP contribution in [0.2, 0.25) is 0 Å². The van der Waals surface area contributed by atoms with Crippen molar-refractivity contribution in [1.29, 1.82) is 0 Å². The lowest BCUT2D eigenvalue weighted by Gasteiger charge is -2.29. The Morgan fingerprint density at radius 3 is 2.46 bits per heavy atom. The number of aliphatic hydroxyl groups is 2. The van der Waals surface area contributed by atoms with Gasteiger partial charge in [-0.3, -0.25) is 9.59 Å². The molecular weight excluding hydrogens is 176 g/mol. The quantitative estimate of drug-likeness (QED) is 0.380. The van der Waals surface area contributed by atoms with Crippen LogP contribution >= 0.6 is 0 Å². The van der Waals surface area contributed by atoms with Gasteiger partial charge in [0.1, 0.15) is 12.1 Å². The van der Waals surface area contributed by atoms with Gasteiger partial charge in [0.25, 0.3) is 0 Å². The molecule has 1 heterocycles. The zero-order valence-corrected chi connectivity index (χ0v) is 7.15. The predicted octanol–water partition coefficient (Wildman–Crippen LogP) is -2.66. The number of aliphatic hydroxyl groups excluding tert-OH is 2. The van der Waals surface area contributed by atoms with E-state index >= 15 is 0 Å². The van der Waals surface area contributed by atoms with Crippen molar-refractivity contribution >= 4 is 11.8 Å². The Bertz CT molecular complexity index is 229. The second-order valence-corrected chi connectivity index (χ2v) is 2.97. The lowest BCUT2D eigenvalue weighted by atomic mass is 10.1. The lowest BCUT2D eigenvalue weighted by molar-refractivity contribution is -0.140. The average molecular weight is 188 g/mol. The summed E-state index contributed by atoms with van der Waals surface area (Å²) in [6, 6.07) is -1.82. The Labute approximate surface area is 74.9 Å². The molecule has 74 valence electrons. The molecule has 0 aromatic rings. The molecule has 3 atom stereocenters. The minimum absolute atomic E-state index is 0.440. The van der Waals surface area contributed by atoms with Crippen LogP contribution in [0.3, 0.4) is 0 Å². The van der Waals surface area contributed by atoms with Crippen molar-refractivity contribution < 1.29 is 19.8 Å². The normalized spacial score (nSPS) is 30.7. The minimum Gasteiger partial charge on any atom is -0.394 e. The van der Waals surface area contributed by atoms with E-state index in [1.165, 1.54) is 6.92 Å². The molecule has 4 N–H and O–H groups in total. The number of carbonyl (C=O) groups is 2. The van der Waals surface area contributed by atoms with Crippen LogP contribution in [0.15, 0.2) is 0 Å². The van der Waals surface area contributed by atoms with E-state index in [0.717, 1.165) is 0 Å². The van der Waals surface area contributed by atoms with Gasteiger partial charge in [-0.05, 0) is 6.92 Å². The first kappa shape index (κ1) is 9.94. The summed E-state index contributed by atoms with van der Waals surface area (Å²) in [5, 5.41) is 22.3. The van der Waals surface area contributed by atoms with Crippen LogP contribution in [0.25, 0.3) is 0 Å². The molecular formula is C7H12N2O4. The van der Waals surface area contributed by atoms with E-state index in [1.807, 2.05) is 0 Å². The van der Waals surface area contributed by atoms with Crippen LogP contribution in [0.5, 0.6) is 0 Å². The summed E-state index contributed by atoms with van der Waals surface area (Å²) in [6.07, 6.45) is -0.941. The first-order chi connectivity index (χ1) is 6.06. The van der Waals surface area contributed by atoms with Gasteiger partial charge in [0, 0.05) is 0 Å². The van der Waals surface area contributed by atoms with Gasteiger partial charge in [-0.1, -0.05) is 0 Å². The van der Waals surface area contributed by atoms with Gasteiger partial charge in [0.15, 0.2) is 0 Å². The monoisotopic (exact) mass is 188 g/mol. The molecule has 2 amide bonds. The van der Waals surface area contributed by atoms with Gasteiger partial charge in [-0.25, -0.2) is 0 Å². The van der Waals surface area contributed by atoms with Crippen LogP contribution in [-0.4, -0.2) is 46.8 Å². The summed E-state index contributed by atoms with van der Waals surface area (Å²) in [6.45, 7) is 0.966. The van der Waals surface area contributed by atoms with Crippen molar-refractivity contribution in [3.8, 4) is 0 Å². The van der Waals surface area contributed by atoms with Crippen LogP contribution in [-0.2, 0) is 9.59 Å². The molecule has 1 aliphatic rings. The molecule has 0 aromatic heterocycles. The van der Waals surface area contributed by atoms with Crippen molar-refractivity contribution in [2.45, 2.75) is 25.1 Å². The van der Waals surface area contributed by atoms with Crippen LogP contribution in [0, 0.1) is 0 Å².